The molecule has 21 heavy (non-hydrogen) atoms. The summed E-state index contributed by atoms with van der Waals surface area (Å²) in [5.41, 5.74) is 2.23. The van der Waals surface area contributed by atoms with Crippen LogP contribution in [-0.4, -0.2) is 27.4 Å². The van der Waals surface area contributed by atoms with Crippen LogP contribution >= 0.6 is 15.9 Å². The largest absolute Gasteiger partial charge is 0.481 e. The maximum absolute atomic E-state index is 11.2. The van der Waals surface area contributed by atoms with Crippen molar-refractivity contribution in [2.45, 2.75) is 52.6 Å². The highest BCUT2D eigenvalue weighted by Gasteiger charge is 2.32. The molecule has 2 N–H and O–H groups in total. The predicted octanol–water partition coefficient (Wildman–Crippen LogP) is 2.82. The SMILES string of the molecule is CCc1nn(CC)c(CNCC2CCCC2C(=O)O)c1Br. The van der Waals surface area contributed by atoms with E-state index in [1.807, 2.05) is 4.68 Å². The van der Waals surface area contributed by atoms with Gasteiger partial charge in [0.05, 0.1) is 21.8 Å². The summed E-state index contributed by atoms with van der Waals surface area (Å²) in [4.78, 5) is 11.2. The Balaban J connectivity index is 1.94. The van der Waals surface area contributed by atoms with Gasteiger partial charge in [-0.3, -0.25) is 9.48 Å². The average Bonchev–Trinajstić information content (AvgIpc) is 3.04. The second-order valence-corrected chi connectivity index (χ2v) is 6.44. The van der Waals surface area contributed by atoms with Crippen LogP contribution in [0, 0.1) is 11.8 Å². The van der Waals surface area contributed by atoms with Gasteiger partial charge < -0.3 is 10.4 Å². The number of carboxylic acid groups (broad SMARTS) is 1. The molecule has 118 valence electrons. The number of nitrogens with one attached hydrogen (secondary N) is 1. The summed E-state index contributed by atoms with van der Waals surface area (Å²) in [5.74, 6) is -0.569. The molecule has 1 aromatic rings. The third-order valence-electron chi connectivity index (χ3n) is 4.37. The zero-order valence-corrected chi connectivity index (χ0v) is 14.3. The van der Waals surface area contributed by atoms with Crippen molar-refractivity contribution in [2.75, 3.05) is 6.54 Å². The van der Waals surface area contributed by atoms with Gasteiger partial charge in [-0.05, 0) is 54.6 Å². The summed E-state index contributed by atoms with van der Waals surface area (Å²) in [6, 6.07) is 0. The van der Waals surface area contributed by atoms with Gasteiger partial charge in [-0.15, -0.1) is 0 Å². The maximum atomic E-state index is 11.2. The lowest BCUT2D eigenvalue weighted by Gasteiger charge is -2.16. The van der Waals surface area contributed by atoms with E-state index in [2.05, 4.69) is 40.2 Å². The van der Waals surface area contributed by atoms with Crippen molar-refractivity contribution >= 4 is 21.9 Å². The van der Waals surface area contributed by atoms with Gasteiger partial charge in [-0.25, -0.2) is 0 Å². The van der Waals surface area contributed by atoms with Crippen LogP contribution in [0.15, 0.2) is 4.47 Å². The van der Waals surface area contributed by atoms with E-state index < -0.39 is 5.97 Å². The number of aryl methyl sites for hydroxylation is 2. The fraction of sp³-hybridized carbons (Fsp3) is 0.733. The van der Waals surface area contributed by atoms with Crippen molar-refractivity contribution in [3.8, 4) is 0 Å². The molecule has 2 unspecified atom stereocenters. The van der Waals surface area contributed by atoms with Gasteiger partial charge in [-0.2, -0.15) is 5.10 Å². The van der Waals surface area contributed by atoms with Crippen molar-refractivity contribution in [3.05, 3.63) is 15.9 Å². The number of aliphatic carboxylic acids is 1. The molecular formula is C15H24BrN3O2. The van der Waals surface area contributed by atoms with Crippen molar-refractivity contribution in [1.82, 2.24) is 15.1 Å². The number of aromatic nitrogens is 2. The van der Waals surface area contributed by atoms with E-state index >= 15 is 0 Å². The van der Waals surface area contributed by atoms with Crippen LogP contribution in [0.5, 0.6) is 0 Å². The molecule has 1 saturated carbocycles. The Bertz CT molecular complexity index is 501. The molecule has 6 heteroatoms. The molecule has 0 aliphatic heterocycles. The molecule has 0 spiro atoms. The lowest BCUT2D eigenvalue weighted by Crippen LogP contribution is -2.29. The van der Waals surface area contributed by atoms with E-state index in [1.54, 1.807) is 0 Å². The van der Waals surface area contributed by atoms with Crippen LogP contribution < -0.4 is 5.32 Å². The number of carbonyl (C=O) groups is 1. The summed E-state index contributed by atoms with van der Waals surface area (Å²) in [6.07, 6.45) is 3.76. The van der Waals surface area contributed by atoms with Gasteiger partial charge in [0.25, 0.3) is 0 Å². The molecule has 0 bridgehead atoms. The maximum Gasteiger partial charge on any atom is 0.306 e. The van der Waals surface area contributed by atoms with E-state index in [-0.39, 0.29) is 11.8 Å². The molecule has 2 rings (SSSR count). The Hall–Kier alpha value is -0.880. The quantitative estimate of drug-likeness (QED) is 0.787. The first-order valence-corrected chi connectivity index (χ1v) is 8.55. The van der Waals surface area contributed by atoms with Gasteiger partial charge in [0.1, 0.15) is 0 Å². The fourth-order valence-electron chi connectivity index (χ4n) is 3.17. The first-order valence-electron chi connectivity index (χ1n) is 7.76. The summed E-state index contributed by atoms with van der Waals surface area (Å²) in [5, 5.41) is 17.2. The highest BCUT2D eigenvalue weighted by atomic mass is 79.9. The third-order valence-corrected chi connectivity index (χ3v) is 5.28. The molecule has 0 saturated heterocycles. The molecule has 5 nitrogen and oxygen atoms in total. The summed E-state index contributed by atoms with van der Waals surface area (Å²) >= 11 is 3.63. The molecule has 0 amide bonds. The van der Waals surface area contributed by atoms with E-state index in [0.717, 1.165) is 61.2 Å². The molecule has 1 aliphatic rings. The Labute approximate surface area is 134 Å². The zero-order chi connectivity index (χ0) is 15.4. The number of carboxylic acids is 1. The molecular weight excluding hydrogens is 334 g/mol. The Morgan fingerprint density at radius 2 is 2.24 bits per heavy atom. The highest BCUT2D eigenvalue weighted by Crippen LogP contribution is 2.31. The molecule has 2 atom stereocenters. The predicted molar refractivity (Wildman–Crippen MR) is 85.2 cm³/mol. The zero-order valence-electron chi connectivity index (χ0n) is 12.7. The summed E-state index contributed by atoms with van der Waals surface area (Å²) < 4.78 is 3.10. The third kappa shape index (κ3) is 3.66. The van der Waals surface area contributed by atoms with E-state index in [0.29, 0.717) is 0 Å². The van der Waals surface area contributed by atoms with E-state index in [4.69, 9.17) is 0 Å². The second-order valence-electron chi connectivity index (χ2n) is 5.64. The molecule has 0 radical (unpaired) electrons. The first-order chi connectivity index (χ1) is 10.1. The minimum Gasteiger partial charge on any atom is -0.481 e. The lowest BCUT2D eigenvalue weighted by atomic mass is 9.96. The van der Waals surface area contributed by atoms with Crippen LogP contribution in [0.4, 0.5) is 0 Å². The lowest BCUT2D eigenvalue weighted by molar-refractivity contribution is -0.142. The van der Waals surface area contributed by atoms with E-state index in [1.165, 1.54) is 0 Å². The van der Waals surface area contributed by atoms with Crippen LogP contribution in [0.1, 0.15) is 44.5 Å². The normalized spacial score (nSPS) is 21.9. The monoisotopic (exact) mass is 357 g/mol. The first kappa shape index (κ1) is 16.5. The molecule has 1 fully saturated rings. The number of rotatable bonds is 7. The van der Waals surface area contributed by atoms with Gasteiger partial charge in [0.2, 0.25) is 0 Å². The minimum atomic E-state index is -0.646. The minimum absolute atomic E-state index is 0.178. The van der Waals surface area contributed by atoms with Crippen molar-refractivity contribution in [2.24, 2.45) is 11.8 Å². The van der Waals surface area contributed by atoms with E-state index in [9.17, 15) is 9.90 Å². The second kappa shape index (κ2) is 7.40. The summed E-state index contributed by atoms with van der Waals surface area (Å²) in [6.45, 7) is 6.51. The highest BCUT2D eigenvalue weighted by molar-refractivity contribution is 9.10. The Morgan fingerprint density at radius 3 is 2.86 bits per heavy atom. The van der Waals surface area contributed by atoms with Crippen LogP contribution in [0.2, 0.25) is 0 Å². The standard InChI is InChI=1S/C15H24BrN3O2/c1-3-12-14(16)13(19(4-2)18-12)9-17-8-10-6-5-7-11(10)15(20)21/h10-11,17H,3-9H2,1-2H3,(H,20,21). The van der Waals surface area contributed by atoms with Crippen LogP contribution in [0.3, 0.4) is 0 Å². The fourth-order valence-corrected chi connectivity index (χ4v) is 3.87. The topological polar surface area (TPSA) is 67.2 Å². The number of nitrogens with zero attached hydrogens (tertiary/aromatic N) is 2. The van der Waals surface area contributed by atoms with Crippen molar-refractivity contribution in [1.29, 1.82) is 0 Å². The number of halogens is 1. The van der Waals surface area contributed by atoms with Crippen molar-refractivity contribution in [3.63, 3.8) is 0 Å². The van der Waals surface area contributed by atoms with Crippen LogP contribution in [0.25, 0.3) is 0 Å². The van der Waals surface area contributed by atoms with Gasteiger partial charge in [-0.1, -0.05) is 13.3 Å². The molecule has 1 aliphatic carbocycles. The van der Waals surface area contributed by atoms with Gasteiger partial charge in [0, 0.05) is 13.1 Å². The summed E-state index contributed by atoms with van der Waals surface area (Å²) in [7, 11) is 0. The molecule has 1 aromatic heterocycles. The van der Waals surface area contributed by atoms with Gasteiger partial charge >= 0.3 is 5.97 Å². The smallest absolute Gasteiger partial charge is 0.306 e. The average molecular weight is 358 g/mol. The Kier molecular flexibility index (Phi) is 5.81. The molecule has 1 heterocycles. The Morgan fingerprint density at radius 1 is 1.48 bits per heavy atom. The number of hydrogen-bond donors (Lipinski definition) is 2. The van der Waals surface area contributed by atoms with Crippen molar-refractivity contribution < 1.29 is 9.90 Å². The number of hydrogen-bond acceptors (Lipinski definition) is 3. The van der Waals surface area contributed by atoms with Crippen LogP contribution in [-0.2, 0) is 24.3 Å². The van der Waals surface area contributed by atoms with Gasteiger partial charge in [0.15, 0.2) is 0 Å². The molecule has 0 aromatic carbocycles.